The van der Waals surface area contributed by atoms with Gasteiger partial charge in [0.15, 0.2) is 0 Å². The minimum atomic E-state index is -0.0968. The normalized spacial score (nSPS) is 9.77. The zero-order chi connectivity index (χ0) is 9.84. The van der Waals surface area contributed by atoms with Gasteiger partial charge in [-0.15, -0.1) is 0 Å². The monoisotopic (exact) mass is 180 g/mol. The topological polar surface area (TPSA) is 72.1 Å². The number of aromatic nitrogens is 2. The number of amides is 1. The fourth-order valence-electron chi connectivity index (χ4n) is 0.767. The van der Waals surface area contributed by atoms with Gasteiger partial charge < -0.3 is 5.73 Å². The molecule has 0 fully saturated rings. The fraction of sp³-hybridized carbons (Fsp3) is 0.375. The van der Waals surface area contributed by atoms with Crippen molar-refractivity contribution in [3.8, 4) is 0 Å². The lowest BCUT2D eigenvalue weighted by Gasteiger charge is -2.11. The Morgan fingerprint density at radius 2 is 2.08 bits per heavy atom. The molecule has 0 aromatic carbocycles. The third-order valence-electron chi connectivity index (χ3n) is 1.70. The Bertz CT molecular complexity index is 296. The maximum Gasteiger partial charge on any atom is 0.231 e. The number of nitrogens with zero attached hydrogens (tertiary/aromatic N) is 3. The SMILES string of the molecule is CC(=O)N(C)c1ncc(CN)cn1. The molecule has 1 amide bonds. The first-order valence-corrected chi connectivity index (χ1v) is 3.90. The Kier molecular flexibility index (Phi) is 2.92. The standard InChI is InChI=1S/C8H12N4O/c1-6(13)12(2)8-10-4-7(3-9)5-11-8/h4-5H,3,9H2,1-2H3. The van der Waals surface area contributed by atoms with E-state index in [1.807, 2.05) is 0 Å². The lowest BCUT2D eigenvalue weighted by atomic mass is 10.3. The molecule has 1 heterocycles. The molecule has 0 aliphatic carbocycles. The zero-order valence-corrected chi connectivity index (χ0v) is 7.69. The number of carbonyl (C=O) groups is 1. The number of carbonyl (C=O) groups excluding carboxylic acids is 1. The van der Waals surface area contributed by atoms with Crippen LogP contribution in [0.25, 0.3) is 0 Å². The molecule has 1 aromatic rings. The first-order valence-electron chi connectivity index (χ1n) is 3.90. The third-order valence-corrected chi connectivity index (χ3v) is 1.70. The average molecular weight is 180 g/mol. The van der Waals surface area contributed by atoms with Crippen molar-refractivity contribution >= 4 is 11.9 Å². The van der Waals surface area contributed by atoms with Gasteiger partial charge in [0.2, 0.25) is 11.9 Å². The lowest BCUT2D eigenvalue weighted by Crippen LogP contribution is -2.25. The highest BCUT2D eigenvalue weighted by Gasteiger charge is 2.07. The first-order chi connectivity index (χ1) is 6.15. The van der Waals surface area contributed by atoms with Crippen molar-refractivity contribution in [3.05, 3.63) is 18.0 Å². The van der Waals surface area contributed by atoms with Crippen LogP contribution in [0, 0.1) is 0 Å². The van der Waals surface area contributed by atoms with Crippen LogP contribution < -0.4 is 10.6 Å². The van der Waals surface area contributed by atoms with E-state index in [2.05, 4.69) is 9.97 Å². The van der Waals surface area contributed by atoms with E-state index in [0.29, 0.717) is 12.5 Å². The molecule has 70 valence electrons. The molecule has 0 saturated carbocycles. The summed E-state index contributed by atoms with van der Waals surface area (Å²) in [4.78, 5) is 20.3. The van der Waals surface area contributed by atoms with Crippen molar-refractivity contribution in [1.29, 1.82) is 0 Å². The van der Waals surface area contributed by atoms with Crippen molar-refractivity contribution in [3.63, 3.8) is 0 Å². The molecule has 0 unspecified atom stereocenters. The second-order valence-corrected chi connectivity index (χ2v) is 2.67. The van der Waals surface area contributed by atoms with Crippen LogP contribution in [0.5, 0.6) is 0 Å². The van der Waals surface area contributed by atoms with Crippen LogP contribution in [0.1, 0.15) is 12.5 Å². The molecule has 0 atom stereocenters. The summed E-state index contributed by atoms with van der Waals surface area (Å²) in [6.45, 7) is 1.87. The van der Waals surface area contributed by atoms with Crippen LogP contribution in [-0.2, 0) is 11.3 Å². The molecule has 2 N–H and O–H groups in total. The molecule has 0 radical (unpaired) electrons. The molecule has 1 rings (SSSR count). The molecule has 0 aliphatic heterocycles. The van der Waals surface area contributed by atoms with Crippen molar-refractivity contribution in [2.24, 2.45) is 5.73 Å². The highest BCUT2D eigenvalue weighted by atomic mass is 16.2. The summed E-state index contributed by atoms with van der Waals surface area (Å²) in [5.41, 5.74) is 6.22. The van der Waals surface area contributed by atoms with Crippen LogP contribution in [0.3, 0.4) is 0 Å². The van der Waals surface area contributed by atoms with Gasteiger partial charge in [-0.25, -0.2) is 9.97 Å². The summed E-state index contributed by atoms with van der Waals surface area (Å²) >= 11 is 0. The summed E-state index contributed by atoms with van der Waals surface area (Å²) < 4.78 is 0. The van der Waals surface area contributed by atoms with Gasteiger partial charge in [-0.3, -0.25) is 9.69 Å². The highest BCUT2D eigenvalue weighted by Crippen LogP contribution is 2.04. The van der Waals surface area contributed by atoms with E-state index < -0.39 is 0 Å². The van der Waals surface area contributed by atoms with Gasteiger partial charge in [0.25, 0.3) is 0 Å². The summed E-state index contributed by atoms with van der Waals surface area (Å²) in [6.07, 6.45) is 3.23. The summed E-state index contributed by atoms with van der Waals surface area (Å²) in [5.74, 6) is 0.296. The maximum absolute atomic E-state index is 10.9. The number of nitrogens with two attached hydrogens (primary N) is 1. The number of anilines is 1. The van der Waals surface area contributed by atoms with E-state index in [9.17, 15) is 4.79 Å². The quantitative estimate of drug-likeness (QED) is 0.690. The number of rotatable bonds is 2. The maximum atomic E-state index is 10.9. The van der Waals surface area contributed by atoms with E-state index in [0.717, 1.165) is 5.56 Å². The highest BCUT2D eigenvalue weighted by molar-refractivity contribution is 5.88. The van der Waals surface area contributed by atoms with Gasteiger partial charge in [-0.1, -0.05) is 0 Å². The predicted molar refractivity (Wildman–Crippen MR) is 49.0 cm³/mol. The first kappa shape index (κ1) is 9.60. The number of hydrogen-bond donors (Lipinski definition) is 1. The van der Waals surface area contributed by atoms with Gasteiger partial charge in [0, 0.05) is 38.5 Å². The Morgan fingerprint density at radius 1 is 1.54 bits per heavy atom. The van der Waals surface area contributed by atoms with Crippen molar-refractivity contribution in [2.75, 3.05) is 11.9 Å². The summed E-state index contributed by atoms with van der Waals surface area (Å²) in [7, 11) is 1.62. The van der Waals surface area contributed by atoms with Crippen molar-refractivity contribution in [2.45, 2.75) is 13.5 Å². The second kappa shape index (κ2) is 3.95. The van der Waals surface area contributed by atoms with Crippen LogP contribution >= 0.6 is 0 Å². The van der Waals surface area contributed by atoms with Gasteiger partial charge in [0.05, 0.1) is 0 Å². The smallest absolute Gasteiger partial charge is 0.231 e. The second-order valence-electron chi connectivity index (χ2n) is 2.67. The van der Waals surface area contributed by atoms with Gasteiger partial charge in [-0.2, -0.15) is 0 Å². The van der Waals surface area contributed by atoms with E-state index in [1.165, 1.54) is 11.8 Å². The van der Waals surface area contributed by atoms with Crippen LogP contribution in [0.4, 0.5) is 5.95 Å². The van der Waals surface area contributed by atoms with Crippen LogP contribution in [-0.4, -0.2) is 22.9 Å². The molecule has 5 nitrogen and oxygen atoms in total. The lowest BCUT2D eigenvalue weighted by molar-refractivity contribution is -0.116. The Labute approximate surface area is 76.6 Å². The van der Waals surface area contributed by atoms with Crippen molar-refractivity contribution in [1.82, 2.24) is 9.97 Å². The predicted octanol–water partition coefficient (Wildman–Crippen LogP) is -0.0820. The van der Waals surface area contributed by atoms with Crippen LogP contribution in [0.15, 0.2) is 12.4 Å². The minimum Gasteiger partial charge on any atom is -0.326 e. The third kappa shape index (κ3) is 2.22. The van der Waals surface area contributed by atoms with E-state index >= 15 is 0 Å². The average Bonchev–Trinajstić information content (AvgIpc) is 2.17. The number of hydrogen-bond acceptors (Lipinski definition) is 4. The molecular weight excluding hydrogens is 168 g/mol. The Balaban J connectivity index is 2.85. The molecule has 13 heavy (non-hydrogen) atoms. The Morgan fingerprint density at radius 3 is 2.46 bits per heavy atom. The molecule has 0 bridgehead atoms. The zero-order valence-electron chi connectivity index (χ0n) is 7.69. The van der Waals surface area contributed by atoms with Crippen LogP contribution in [0.2, 0.25) is 0 Å². The summed E-state index contributed by atoms with van der Waals surface area (Å²) in [5, 5.41) is 0. The largest absolute Gasteiger partial charge is 0.326 e. The molecule has 0 spiro atoms. The van der Waals surface area contributed by atoms with Gasteiger partial charge >= 0.3 is 0 Å². The molecule has 5 heteroatoms. The molecule has 1 aromatic heterocycles. The van der Waals surface area contributed by atoms with E-state index in [1.54, 1.807) is 19.4 Å². The van der Waals surface area contributed by atoms with Gasteiger partial charge in [-0.05, 0) is 0 Å². The van der Waals surface area contributed by atoms with E-state index in [-0.39, 0.29) is 5.91 Å². The molecular formula is C8H12N4O. The van der Waals surface area contributed by atoms with Crippen molar-refractivity contribution < 1.29 is 4.79 Å². The fourth-order valence-corrected chi connectivity index (χ4v) is 0.767. The van der Waals surface area contributed by atoms with Gasteiger partial charge in [0.1, 0.15) is 0 Å². The Hall–Kier alpha value is -1.49. The molecule has 0 aliphatic rings. The van der Waals surface area contributed by atoms with E-state index in [4.69, 9.17) is 5.73 Å². The molecule has 0 saturated heterocycles. The summed E-state index contributed by atoms with van der Waals surface area (Å²) in [6, 6.07) is 0. The minimum absolute atomic E-state index is 0.0968.